The van der Waals surface area contributed by atoms with Gasteiger partial charge in [0.25, 0.3) is 0 Å². The van der Waals surface area contributed by atoms with Crippen LogP contribution in [-0.4, -0.2) is 54.9 Å². The summed E-state index contributed by atoms with van der Waals surface area (Å²) in [5, 5.41) is 6.57. The Morgan fingerprint density at radius 2 is 2.11 bits per heavy atom. The molecule has 5 nitrogen and oxygen atoms in total. The van der Waals surface area contributed by atoms with Gasteiger partial charge in [0.15, 0.2) is 0 Å². The number of hydrogen-bond donors (Lipinski definition) is 2. The Morgan fingerprint density at radius 1 is 1.37 bits per heavy atom. The van der Waals surface area contributed by atoms with Crippen molar-refractivity contribution in [2.75, 3.05) is 20.1 Å². The highest BCUT2D eigenvalue weighted by Crippen LogP contribution is 2.25. The molecule has 0 radical (unpaired) electrons. The first kappa shape index (κ1) is 14.6. The van der Waals surface area contributed by atoms with Crippen molar-refractivity contribution >= 4 is 6.09 Å². The van der Waals surface area contributed by atoms with Gasteiger partial charge < -0.3 is 20.3 Å². The van der Waals surface area contributed by atoms with Crippen LogP contribution in [0.15, 0.2) is 0 Å². The molecule has 0 spiro atoms. The number of nitrogens with zero attached hydrogens (tertiary/aromatic N) is 1. The van der Waals surface area contributed by atoms with E-state index in [-0.39, 0.29) is 12.1 Å². The molecule has 5 heteroatoms. The van der Waals surface area contributed by atoms with Gasteiger partial charge in [0, 0.05) is 31.2 Å². The predicted octanol–water partition coefficient (Wildman–Crippen LogP) is 1.34. The van der Waals surface area contributed by atoms with E-state index in [1.54, 1.807) is 0 Å². The third kappa shape index (κ3) is 4.08. The molecule has 0 aromatic rings. The first-order valence-corrected chi connectivity index (χ1v) is 7.28. The quantitative estimate of drug-likeness (QED) is 0.754. The van der Waals surface area contributed by atoms with Crippen LogP contribution < -0.4 is 10.6 Å². The van der Waals surface area contributed by atoms with Gasteiger partial charge in [-0.3, -0.25) is 0 Å². The van der Waals surface area contributed by atoms with Gasteiger partial charge in [-0.15, -0.1) is 0 Å². The highest BCUT2D eigenvalue weighted by molar-refractivity contribution is 5.68. The van der Waals surface area contributed by atoms with Crippen LogP contribution >= 0.6 is 0 Å². The van der Waals surface area contributed by atoms with Crippen molar-refractivity contribution in [3.05, 3.63) is 0 Å². The van der Waals surface area contributed by atoms with E-state index in [0.717, 1.165) is 32.4 Å². The molecule has 0 bridgehead atoms. The van der Waals surface area contributed by atoms with Crippen molar-refractivity contribution in [2.45, 2.75) is 63.8 Å². The second-order valence-corrected chi connectivity index (χ2v) is 6.76. The summed E-state index contributed by atoms with van der Waals surface area (Å²) in [6.07, 6.45) is 2.87. The van der Waals surface area contributed by atoms with E-state index in [4.69, 9.17) is 4.74 Å². The summed E-state index contributed by atoms with van der Waals surface area (Å²) in [7, 11) is 2.19. The van der Waals surface area contributed by atoms with Crippen molar-refractivity contribution in [2.24, 2.45) is 0 Å². The Morgan fingerprint density at radius 3 is 2.79 bits per heavy atom. The summed E-state index contributed by atoms with van der Waals surface area (Å²) in [6, 6.07) is 1.34. The Labute approximate surface area is 116 Å². The molecule has 3 unspecified atom stereocenters. The molecule has 2 N–H and O–H groups in total. The van der Waals surface area contributed by atoms with Crippen molar-refractivity contribution in [1.82, 2.24) is 15.5 Å². The Bertz CT molecular complexity index is 327. The van der Waals surface area contributed by atoms with Gasteiger partial charge in [-0.05, 0) is 47.1 Å². The van der Waals surface area contributed by atoms with E-state index in [1.165, 1.54) is 0 Å². The fraction of sp³-hybridized carbons (Fsp3) is 0.929. The number of amides is 1. The molecular formula is C14H27N3O2. The molecule has 2 aliphatic rings. The fourth-order valence-electron chi connectivity index (χ4n) is 3.10. The van der Waals surface area contributed by atoms with Crippen LogP contribution in [0.3, 0.4) is 0 Å². The number of rotatable bonds is 1. The number of piperazine rings is 1. The van der Waals surface area contributed by atoms with E-state index in [1.807, 2.05) is 20.8 Å². The minimum Gasteiger partial charge on any atom is -0.444 e. The molecule has 1 heterocycles. The maximum atomic E-state index is 11.8. The van der Waals surface area contributed by atoms with E-state index in [0.29, 0.717) is 12.1 Å². The summed E-state index contributed by atoms with van der Waals surface area (Å²) >= 11 is 0. The molecular weight excluding hydrogens is 242 g/mol. The van der Waals surface area contributed by atoms with E-state index >= 15 is 0 Å². The molecule has 1 aliphatic carbocycles. The van der Waals surface area contributed by atoms with Gasteiger partial charge in [0.05, 0.1) is 0 Å². The summed E-state index contributed by atoms with van der Waals surface area (Å²) in [6.45, 7) is 7.82. The molecule has 110 valence electrons. The molecule has 1 saturated carbocycles. The van der Waals surface area contributed by atoms with Crippen LogP contribution in [0.25, 0.3) is 0 Å². The van der Waals surface area contributed by atoms with Gasteiger partial charge in [-0.1, -0.05) is 0 Å². The van der Waals surface area contributed by atoms with Gasteiger partial charge in [-0.2, -0.15) is 0 Å². The van der Waals surface area contributed by atoms with E-state index < -0.39 is 5.60 Å². The number of nitrogens with one attached hydrogen (secondary N) is 2. The number of likely N-dealkylation sites (N-methyl/N-ethyl adjacent to an activating group) is 1. The smallest absolute Gasteiger partial charge is 0.407 e. The first-order chi connectivity index (χ1) is 8.85. The van der Waals surface area contributed by atoms with Gasteiger partial charge >= 0.3 is 6.09 Å². The lowest BCUT2D eigenvalue weighted by molar-refractivity contribution is 0.0447. The Kier molecular flexibility index (Phi) is 4.36. The maximum absolute atomic E-state index is 11.8. The molecule has 2 rings (SSSR count). The standard InChI is InChI=1S/C14H27N3O2/c1-14(2,3)19-13(18)16-10-5-6-12-11(9-10)15-7-8-17(12)4/h10-12,15H,5-9H2,1-4H3,(H,16,18). The molecule has 1 saturated heterocycles. The lowest BCUT2D eigenvalue weighted by Gasteiger charge is -2.45. The number of alkyl carbamates (subject to hydrolysis) is 1. The van der Waals surface area contributed by atoms with Crippen LogP contribution in [0, 0.1) is 0 Å². The predicted molar refractivity (Wildman–Crippen MR) is 75.2 cm³/mol. The molecule has 0 aromatic carbocycles. The number of ether oxygens (including phenoxy) is 1. The Balaban J connectivity index is 1.82. The van der Waals surface area contributed by atoms with Crippen LogP contribution in [0.5, 0.6) is 0 Å². The zero-order chi connectivity index (χ0) is 14.0. The lowest BCUT2D eigenvalue weighted by Crippen LogP contribution is -2.61. The molecule has 1 aliphatic heterocycles. The molecule has 0 aromatic heterocycles. The maximum Gasteiger partial charge on any atom is 0.407 e. The van der Waals surface area contributed by atoms with Crippen LogP contribution in [0.2, 0.25) is 0 Å². The van der Waals surface area contributed by atoms with Crippen molar-refractivity contribution in [3.8, 4) is 0 Å². The van der Waals surface area contributed by atoms with Crippen LogP contribution in [-0.2, 0) is 4.74 Å². The number of fused-ring (bicyclic) bond motifs is 1. The van der Waals surface area contributed by atoms with Crippen molar-refractivity contribution in [3.63, 3.8) is 0 Å². The van der Waals surface area contributed by atoms with Gasteiger partial charge in [0.2, 0.25) is 0 Å². The molecule has 2 fully saturated rings. The minimum absolute atomic E-state index is 0.232. The summed E-state index contributed by atoms with van der Waals surface area (Å²) < 4.78 is 5.32. The average molecular weight is 269 g/mol. The number of carbonyl (C=O) groups excluding carboxylic acids is 1. The van der Waals surface area contributed by atoms with Crippen LogP contribution in [0.4, 0.5) is 4.79 Å². The zero-order valence-electron chi connectivity index (χ0n) is 12.5. The normalized spacial score (nSPS) is 32.5. The average Bonchev–Trinajstić information content (AvgIpc) is 2.26. The third-order valence-corrected chi connectivity index (χ3v) is 3.97. The van der Waals surface area contributed by atoms with Crippen molar-refractivity contribution in [1.29, 1.82) is 0 Å². The second-order valence-electron chi connectivity index (χ2n) is 6.76. The highest BCUT2D eigenvalue weighted by Gasteiger charge is 2.35. The first-order valence-electron chi connectivity index (χ1n) is 7.28. The monoisotopic (exact) mass is 269 g/mol. The molecule has 3 atom stereocenters. The fourth-order valence-corrected chi connectivity index (χ4v) is 3.10. The van der Waals surface area contributed by atoms with Crippen molar-refractivity contribution < 1.29 is 9.53 Å². The SMILES string of the molecule is CN1CCNC2CC(NC(=O)OC(C)(C)C)CCC21. The van der Waals surface area contributed by atoms with E-state index in [9.17, 15) is 4.79 Å². The largest absolute Gasteiger partial charge is 0.444 e. The zero-order valence-corrected chi connectivity index (χ0v) is 12.5. The number of carbonyl (C=O) groups is 1. The second kappa shape index (κ2) is 5.67. The summed E-state index contributed by atoms with van der Waals surface area (Å²) in [5.41, 5.74) is -0.426. The Hall–Kier alpha value is -0.810. The minimum atomic E-state index is -0.426. The number of hydrogen-bond acceptors (Lipinski definition) is 4. The third-order valence-electron chi connectivity index (χ3n) is 3.97. The van der Waals surface area contributed by atoms with E-state index in [2.05, 4.69) is 22.6 Å². The molecule has 1 amide bonds. The van der Waals surface area contributed by atoms with Gasteiger partial charge in [-0.25, -0.2) is 4.79 Å². The summed E-state index contributed by atoms with van der Waals surface area (Å²) in [5.74, 6) is 0. The van der Waals surface area contributed by atoms with Crippen LogP contribution in [0.1, 0.15) is 40.0 Å². The highest BCUT2D eigenvalue weighted by atomic mass is 16.6. The molecule has 19 heavy (non-hydrogen) atoms. The summed E-state index contributed by atoms with van der Waals surface area (Å²) in [4.78, 5) is 14.2. The van der Waals surface area contributed by atoms with Gasteiger partial charge in [0.1, 0.15) is 5.60 Å². The topological polar surface area (TPSA) is 53.6 Å². The lowest BCUT2D eigenvalue weighted by atomic mass is 9.84.